The summed E-state index contributed by atoms with van der Waals surface area (Å²) in [5, 5.41) is 3.23. The summed E-state index contributed by atoms with van der Waals surface area (Å²) in [4.78, 5) is 4.55. The van der Waals surface area contributed by atoms with Crippen molar-refractivity contribution in [3.63, 3.8) is 0 Å². The fourth-order valence-electron chi connectivity index (χ4n) is 1.68. The fourth-order valence-corrected chi connectivity index (χ4v) is 1.80. The molecule has 0 radical (unpaired) electrons. The van der Waals surface area contributed by atoms with E-state index < -0.39 is 0 Å². The number of thiocarbonyl (C=S) groups is 1. The van der Waals surface area contributed by atoms with Gasteiger partial charge >= 0.3 is 0 Å². The summed E-state index contributed by atoms with van der Waals surface area (Å²) < 4.78 is 12.8. The maximum atomic E-state index is 12.8. The smallest absolute Gasteiger partial charge is 0.126 e. The average Bonchev–Trinajstić information content (AvgIpc) is 2.40. The van der Waals surface area contributed by atoms with Crippen molar-refractivity contribution < 1.29 is 4.39 Å². The fraction of sp³-hybridized carbons (Fsp3) is 0.143. The highest BCUT2D eigenvalue weighted by molar-refractivity contribution is 7.80. The van der Waals surface area contributed by atoms with Gasteiger partial charge in [0, 0.05) is 17.8 Å². The van der Waals surface area contributed by atoms with E-state index >= 15 is 0 Å². The second-order valence-corrected chi connectivity index (χ2v) is 4.65. The summed E-state index contributed by atoms with van der Waals surface area (Å²) in [6.07, 6.45) is 1.63. The minimum atomic E-state index is -0.241. The highest BCUT2D eigenvalue weighted by Gasteiger charge is 2.06. The van der Waals surface area contributed by atoms with E-state index in [1.165, 1.54) is 12.1 Å². The third-order valence-corrected chi connectivity index (χ3v) is 3.02. The quantitative estimate of drug-likeness (QED) is 0.842. The summed E-state index contributed by atoms with van der Waals surface area (Å²) in [6.45, 7) is 1.98. The van der Waals surface area contributed by atoms with Gasteiger partial charge in [0.25, 0.3) is 0 Å². The van der Waals surface area contributed by atoms with E-state index in [-0.39, 0.29) is 11.9 Å². The van der Waals surface area contributed by atoms with Crippen molar-refractivity contribution in [2.45, 2.75) is 13.0 Å². The molecule has 1 aromatic carbocycles. The maximum Gasteiger partial charge on any atom is 0.126 e. The molecular weight excluding hydrogens is 261 g/mol. The molecule has 0 aliphatic rings. The van der Waals surface area contributed by atoms with Crippen LogP contribution in [0.5, 0.6) is 0 Å². The average molecular weight is 275 g/mol. The van der Waals surface area contributed by atoms with Crippen molar-refractivity contribution in [2.24, 2.45) is 5.73 Å². The minimum absolute atomic E-state index is 0.0313. The Kier molecular flexibility index (Phi) is 4.06. The number of anilines is 1. The molecule has 0 bridgehead atoms. The number of hydrogen-bond donors (Lipinski definition) is 2. The van der Waals surface area contributed by atoms with Gasteiger partial charge in [-0.1, -0.05) is 24.4 Å². The van der Waals surface area contributed by atoms with Crippen LogP contribution in [0.4, 0.5) is 10.2 Å². The van der Waals surface area contributed by atoms with Crippen molar-refractivity contribution in [1.29, 1.82) is 0 Å². The normalized spacial score (nSPS) is 11.9. The number of halogens is 1. The lowest BCUT2D eigenvalue weighted by Gasteiger charge is -2.15. The van der Waals surface area contributed by atoms with E-state index in [9.17, 15) is 4.39 Å². The Morgan fingerprint density at radius 2 is 1.95 bits per heavy atom. The van der Waals surface area contributed by atoms with Crippen LogP contribution in [0.1, 0.15) is 24.1 Å². The van der Waals surface area contributed by atoms with E-state index in [0.717, 1.165) is 16.9 Å². The lowest BCUT2D eigenvalue weighted by Crippen LogP contribution is -2.11. The molecule has 1 atom stereocenters. The van der Waals surface area contributed by atoms with Crippen LogP contribution >= 0.6 is 12.2 Å². The Labute approximate surface area is 116 Å². The molecule has 2 aromatic rings. The van der Waals surface area contributed by atoms with Crippen molar-refractivity contribution in [2.75, 3.05) is 5.32 Å². The second-order valence-electron chi connectivity index (χ2n) is 4.21. The van der Waals surface area contributed by atoms with E-state index in [1.807, 2.05) is 19.1 Å². The van der Waals surface area contributed by atoms with Crippen LogP contribution < -0.4 is 11.1 Å². The van der Waals surface area contributed by atoms with Crippen molar-refractivity contribution >= 4 is 23.0 Å². The lowest BCUT2D eigenvalue weighted by molar-refractivity contribution is 0.626. The van der Waals surface area contributed by atoms with Gasteiger partial charge in [0.05, 0.1) is 0 Å². The van der Waals surface area contributed by atoms with E-state index in [0.29, 0.717) is 4.99 Å². The third-order valence-electron chi connectivity index (χ3n) is 2.78. The summed E-state index contributed by atoms with van der Waals surface area (Å²) in [7, 11) is 0. The number of hydrogen-bond acceptors (Lipinski definition) is 3. The molecule has 0 saturated heterocycles. The summed E-state index contributed by atoms with van der Waals surface area (Å²) in [6, 6.07) is 10.0. The van der Waals surface area contributed by atoms with Gasteiger partial charge in [-0.15, -0.1) is 0 Å². The Morgan fingerprint density at radius 3 is 2.47 bits per heavy atom. The molecule has 0 fully saturated rings. The number of benzene rings is 1. The predicted molar refractivity (Wildman–Crippen MR) is 78.6 cm³/mol. The van der Waals surface area contributed by atoms with Gasteiger partial charge in [-0.3, -0.25) is 0 Å². The summed E-state index contributed by atoms with van der Waals surface area (Å²) >= 11 is 4.86. The number of nitrogens with one attached hydrogen (secondary N) is 1. The molecule has 1 aromatic heterocycles. The molecule has 3 N–H and O–H groups in total. The molecule has 0 spiro atoms. The molecule has 0 amide bonds. The van der Waals surface area contributed by atoms with E-state index in [2.05, 4.69) is 10.3 Å². The highest BCUT2D eigenvalue weighted by Crippen LogP contribution is 2.18. The zero-order valence-electron chi connectivity index (χ0n) is 10.4. The standard InChI is InChI=1S/C14H14FN3S/c1-9(10-2-5-12(15)6-3-10)18-13-7-4-11(8-17-13)14(16)19/h2-9H,1H3,(H2,16,19)(H,17,18). The molecule has 19 heavy (non-hydrogen) atoms. The molecule has 0 saturated carbocycles. The molecule has 1 unspecified atom stereocenters. The van der Waals surface area contributed by atoms with Crippen LogP contribution in [0.25, 0.3) is 0 Å². The van der Waals surface area contributed by atoms with Gasteiger partial charge < -0.3 is 11.1 Å². The van der Waals surface area contributed by atoms with Crippen LogP contribution in [0.15, 0.2) is 42.6 Å². The third kappa shape index (κ3) is 3.48. The number of nitrogens with zero attached hydrogens (tertiary/aromatic N) is 1. The van der Waals surface area contributed by atoms with Gasteiger partial charge in [0.2, 0.25) is 0 Å². The Hall–Kier alpha value is -2.01. The Balaban J connectivity index is 2.08. The Bertz CT molecular complexity index is 566. The van der Waals surface area contributed by atoms with Gasteiger partial charge in [0.15, 0.2) is 0 Å². The van der Waals surface area contributed by atoms with Gasteiger partial charge in [-0.2, -0.15) is 0 Å². The molecular formula is C14H14FN3S. The number of nitrogens with two attached hydrogens (primary N) is 1. The van der Waals surface area contributed by atoms with E-state index in [1.54, 1.807) is 18.3 Å². The largest absolute Gasteiger partial charge is 0.389 e. The first kappa shape index (κ1) is 13.4. The molecule has 1 heterocycles. The SMILES string of the molecule is CC(Nc1ccc(C(N)=S)cn1)c1ccc(F)cc1. The predicted octanol–water partition coefficient (Wildman–Crippen LogP) is 3.03. The number of pyridine rings is 1. The number of aromatic nitrogens is 1. The van der Waals surface area contributed by atoms with Crippen molar-refractivity contribution in [3.8, 4) is 0 Å². The van der Waals surface area contributed by atoms with E-state index in [4.69, 9.17) is 18.0 Å². The van der Waals surface area contributed by atoms with Crippen LogP contribution in [-0.4, -0.2) is 9.97 Å². The van der Waals surface area contributed by atoms with Gasteiger partial charge in [0.1, 0.15) is 16.6 Å². The minimum Gasteiger partial charge on any atom is -0.389 e. The topological polar surface area (TPSA) is 50.9 Å². The van der Waals surface area contributed by atoms with Crippen LogP contribution in [0.3, 0.4) is 0 Å². The van der Waals surface area contributed by atoms with Gasteiger partial charge in [-0.05, 0) is 36.8 Å². The summed E-state index contributed by atoms with van der Waals surface area (Å²) in [5.41, 5.74) is 7.22. The molecule has 3 nitrogen and oxygen atoms in total. The first-order valence-corrected chi connectivity index (χ1v) is 6.25. The zero-order valence-corrected chi connectivity index (χ0v) is 11.2. The van der Waals surface area contributed by atoms with Gasteiger partial charge in [-0.25, -0.2) is 9.37 Å². The zero-order chi connectivity index (χ0) is 13.8. The second kappa shape index (κ2) is 5.75. The van der Waals surface area contributed by atoms with Crippen LogP contribution in [0, 0.1) is 5.82 Å². The molecule has 2 rings (SSSR count). The summed E-state index contributed by atoms with van der Waals surface area (Å²) in [5.74, 6) is 0.478. The maximum absolute atomic E-state index is 12.8. The van der Waals surface area contributed by atoms with Crippen molar-refractivity contribution in [3.05, 3.63) is 59.5 Å². The van der Waals surface area contributed by atoms with Crippen LogP contribution in [0.2, 0.25) is 0 Å². The first-order chi connectivity index (χ1) is 9.06. The lowest BCUT2D eigenvalue weighted by atomic mass is 10.1. The molecule has 0 aliphatic heterocycles. The Morgan fingerprint density at radius 1 is 1.26 bits per heavy atom. The van der Waals surface area contributed by atoms with Crippen molar-refractivity contribution in [1.82, 2.24) is 4.98 Å². The highest BCUT2D eigenvalue weighted by atomic mass is 32.1. The first-order valence-electron chi connectivity index (χ1n) is 5.84. The number of rotatable bonds is 4. The molecule has 98 valence electrons. The molecule has 5 heteroatoms. The monoisotopic (exact) mass is 275 g/mol. The van der Waals surface area contributed by atoms with Crippen LogP contribution in [-0.2, 0) is 0 Å². The molecule has 0 aliphatic carbocycles.